The third kappa shape index (κ3) is 14.3. The number of amides is 3. The quantitative estimate of drug-likeness (QED) is 0.0159. The Morgan fingerprint density at radius 1 is 0.729 bits per heavy atom. The molecule has 2 aliphatic rings. The molecule has 70 heavy (non-hydrogen) atoms. The molecule has 0 fully saturated rings. The summed E-state index contributed by atoms with van der Waals surface area (Å²) in [5.41, 5.74) is 6.94. The van der Waals surface area contributed by atoms with Crippen LogP contribution < -0.4 is 20.9 Å². The van der Waals surface area contributed by atoms with Gasteiger partial charge in [0.2, 0.25) is 34.9 Å². The molecule has 2 unspecified atom stereocenters. The van der Waals surface area contributed by atoms with Gasteiger partial charge in [-0.25, -0.2) is 0 Å². The van der Waals surface area contributed by atoms with Gasteiger partial charge in [0.05, 0.1) is 22.5 Å². The van der Waals surface area contributed by atoms with Gasteiger partial charge in [-0.05, 0) is 92.6 Å². The minimum Gasteiger partial charge on any atom is -0.506 e. The highest BCUT2D eigenvalue weighted by atomic mass is 16.5. The van der Waals surface area contributed by atoms with Gasteiger partial charge in [-0.15, -0.1) is 0 Å². The fourth-order valence-corrected chi connectivity index (χ4v) is 9.05. The second-order valence-corrected chi connectivity index (χ2v) is 18.4. The smallest absolute Gasteiger partial charge is 0.227 e. The van der Waals surface area contributed by atoms with Gasteiger partial charge in [0.15, 0.2) is 6.40 Å². The van der Waals surface area contributed by atoms with Crippen molar-refractivity contribution in [2.45, 2.75) is 145 Å². The van der Waals surface area contributed by atoms with Crippen LogP contribution in [0.15, 0.2) is 108 Å². The topological polar surface area (TPSA) is 164 Å². The number of nitrogens with zero attached hydrogens (tertiary/aromatic N) is 2. The number of carbonyl (C=O) groups excluding carboxylic acids is 4. The number of aliphatic hydroxyl groups excluding tert-OH is 1. The largest absolute Gasteiger partial charge is 0.506 e. The molecule has 0 saturated heterocycles. The van der Waals surface area contributed by atoms with E-state index in [1.165, 1.54) is 6.92 Å². The summed E-state index contributed by atoms with van der Waals surface area (Å²) in [6, 6.07) is 21.3. The minimum atomic E-state index is -0.393. The van der Waals surface area contributed by atoms with E-state index < -0.39 is 5.78 Å². The Hall–Kier alpha value is -6.56. The molecule has 3 amide bonds. The molecule has 2 atom stereocenters. The van der Waals surface area contributed by atoms with Gasteiger partial charge in [0, 0.05) is 84.2 Å². The molecule has 0 aliphatic heterocycles. The van der Waals surface area contributed by atoms with Gasteiger partial charge in [0.25, 0.3) is 0 Å². The molecular weight excluding hydrogens is 877 g/mol. The van der Waals surface area contributed by atoms with Crippen molar-refractivity contribution in [2.24, 2.45) is 11.8 Å². The number of aliphatic hydroxyl groups is 1. The van der Waals surface area contributed by atoms with Crippen LogP contribution in [0.2, 0.25) is 0 Å². The van der Waals surface area contributed by atoms with Crippen LogP contribution >= 0.6 is 0 Å². The maximum absolute atomic E-state index is 14.8. The van der Waals surface area contributed by atoms with Crippen LogP contribution in [0.25, 0.3) is 5.57 Å². The first kappa shape index (κ1) is 54.4. The van der Waals surface area contributed by atoms with Crippen LogP contribution in [0.4, 0.5) is 28.4 Å². The van der Waals surface area contributed by atoms with Gasteiger partial charge in [0.1, 0.15) is 18.9 Å². The molecule has 3 aromatic carbocycles. The monoisotopic (exact) mass is 954 g/mol. The third-order valence-electron chi connectivity index (χ3n) is 13.2. The summed E-state index contributed by atoms with van der Waals surface area (Å²) in [6.07, 6.45) is 19.0. The minimum absolute atomic E-state index is 0.0969. The average Bonchev–Trinajstić information content (AvgIpc) is 3.35. The summed E-state index contributed by atoms with van der Waals surface area (Å²) in [4.78, 5) is 57.0. The molecule has 3 aromatic rings. The Morgan fingerprint density at radius 2 is 1.34 bits per heavy atom. The van der Waals surface area contributed by atoms with E-state index in [4.69, 9.17) is 10.1 Å². The average molecular weight is 954 g/mol. The Labute approximate surface area is 416 Å². The van der Waals surface area contributed by atoms with Crippen molar-refractivity contribution in [3.63, 3.8) is 0 Å². The first-order valence-electron chi connectivity index (χ1n) is 25.8. The van der Waals surface area contributed by atoms with Crippen molar-refractivity contribution < 1.29 is 33.6 Å². The predicted molar refractivity (Wildman–Crippen MR) is 285 cm³/mol. The Morgan fingerprint density at radius 3 is 1.93 bits per heavy atom. The molecule has 0 bridgehead atoms. The van der Waals surface area contributed by atoms with E-state index in [9.17, 15) is 24.3 Å². The van der Waals surface area contributed by atoms with Gasteiger partial charge < -0.3 is 30.7 Å². The van der Waals surface area contributed by atoms with E-state index >= 15 is 0 Å². The second-order valence-electron chi connectivity index (χ2n) is 18.4. The van der Waals surface area contributed by atoms with Crippen molar-refractivity contribution in [2.75, 3.05) is 28.6 Å². The van der Waals surface area contributed by atoms with E-state index in [-0.39, 0.29) is 53.1 Å². The molecular formula is C58H77N6O6+. The first-order chi connectivity index (χ1) is 33.9. The molecule has 12 nitrogen and oxygen atoms in total. The number of benzene rings is 3. The SMILES string of the molecule is CCCCCN(c1ccc(COC=N)cc1)c1ccc(C2=C(O)/C(=C3\C=CC(=[N+](CCCCC)c4ccc(NC(C)=O)cc4)C=C3NC(=O)C(CC)CCCC)C2=O)c(NC(=O)C(CC)CCCC)c1. The zero-order valence-electron chi connectivity index (χ0n) is 42.7. The number of rotatable bonds is 28. The molecule has 0 saturated carbocycles. The molecule has 5 N–H and O–H groups in total. The summed E-state index contributed by atoms with van der Waals surface area (Å²) in [6.45, 7) is 15.7. The van der Waals surface area contributed by atoms with Gasteiger partial charge in [-0.3, -0.25) is 24.6 Å². The van der Waals surface area contributed by atoms with Crippen molar-refractivity contribution in [1.29, 1.82) is 5.41 Å². The molecule has 0 radical (unpaired) electrons. The van der Waals surface area contributed by atoms with E-state index in [2.05, 4.69) is 53.1 Å². The van der Waals surface area contributed by atoms with Crippen LogP contribution in [-0.2, 0) is 30.5 Å². The summed E-state index contributed by atoms with van der Waals surface area (Å²) in [7, 11) is 0. The van der Waals surface area contributed by atoms with Gasteiger partial charge >= 0.3 is 0 Å². The molecule has 0 heterocycles. The first-order valence-corrected chi connectivity index (χ1v) is 25.8. The Balaban J connectivity index is 1.67. The molecule has 2 aliphatic carbocycles. The van der Waals surface area contributed by atoms with Crippen LogP contribution in [0.1, 0.15) is 149 Å². The van der Waals surface area contributed by atoms with Crippen LogP contribution in [0.5, 0.6) is 0 Å². The highest BCUT2D eigenvalue weighted by Gasteiger charge is 2.40. The number of nitrogens with one attached hydrogen (secondary N) is 4. The normalized spacial score (nSPS) is 15.9. The lowest BCUT2D eigenvalue weighted by atomic mass is 9.78. The molecule has 0 aromatic heterocycles. The maximum atomic E-state index is 14.8. The van der Waals surface area contributed by atoms with Gasteiger partial charge in [-0.1, -0.05) is 98.6 Å². The van der Waals surface area contributed by atoms with E-state index in [0.717, 1.165) is 112 Å². The maximum Gasteiger partial charge on any atom is 0.227 e. The highest BCUT2D eigenvalue weighted by molar-refractivity contribution is 6.40. The lowest BCUT2D eigenvalue weighted by Crippen LogP contribution is -2.34. The van der Waals surface area contributed by atoms with E-state index in [1.807, 2.05) is 92.7 Å². The summed E-state index contributed by atoms with van der Waals surface area (Å²) in [5.74, 6) is -1.51. The molecule has 0 spiro atoms. The van der Waals surface area contributed by atoms with Gasteiger partial charge in [-0.2, -0.15) is 4.58 Å². The highest BCUT2D eigenvalue weighted by Crippen LogP contribution is 2.44. The standard InChI is InChI=1S/C58H76N6O6/c1-8-14-18-34-63(45-26-22-41(23-27-45)38-70-39-59)47-30-32-49(51(36-47)61-57(68)42(12-5)20-16-10-3)53-55(66)54(56(53)67)50-33-31-48(37-52(50)62-58(69)43(13-6)21-17-11-4)64(35-19-15-9-2)46-28-24-44(25-29-46)60-40(7)65/h22-33,36-37,39,42-43,59H,8-21,34-35,38H2,1-7H3,(H3,60,61,62,65,66,67,68,69)/p+1. The second kappa shape index (κ2) is 27.6. The van der Waals surface area contributed by atoms with Crippen LogP contribution in [-0.4, -0.2) is 58.4 Å². The number of hydrogen-bond donors (Lipinski definition) is 5. The fraction of sp³-hybridized carbons (Fsp3) is 0.448. The summed E-state index contributed by atoms with van der Waals surface area (Å²) >= 11 is 0. The summed E-state index contributed by atoms with van der Waals surface area (Å²) in [5, 5.41) is 28.7. The number of hydrogen-bond acceptors (Lipinski definition) is 8. The molecule has 5 rings (SSSR count). The third-order valence-corrected chi connectivity index (χ3v) is 13.2. The molecule has 374 valence electrons. The zero-order chi connectivity index (χ0) is 50.6. The number of allylic oxidation sites excluding steroid dienone is 5. The Bertz CT molecular complexity index is 2460. The fourth-order valence-electron chi connectivity index (χ4n) is 9.05. The number of unbranched alkanes of at least 4 members (excludes halogenated alkanes) is 6. The number of Topliss-reactive ketones (excluding diaryl/α,β-unsaturated/α-hetero) is 1. The van der Waals surface area contributed by atoms with Crippen LogP contribution in [0, 0.1) is 17.2 Å². The van der Waals surface area contributed by atoms with Crippen LogP contribution in [0.3, 0.4) is 0 Å². The zero-order valence-corrected chi connectivity index (χ0v) is 42.7. The number of ether oxygens (including phenoxy) is 1. The number of carbonyl (C=O) groups is 4. The lowest BCUT2D eigenvalue weighted by Gasteiger charge is -2.30. The number of ketones is 1. The molecule has 12 heteroatoms. The van der Waals surface area contributed by atoms with Crippen molar-refractivity contribution >= 4 is 69.6 Å². The van der Waals surface area contributed by atoms with Crippen molar-refractivity contribution in [3.8, 4) is 0 Å². The van der Waals surface area contributed by atoms with Crippen molar-refractivity contribution in [1.82, 2.24) is 5.32 Å². The van der Waals surface area contributed by atoms with E-state index in [0.29, 0.717) is 54.1 Å². The van der Waals surface area contributed by atoms with Crippen molar-refractivity contribution in [3.05, 3.63) is 119 Å². The predicted octanol–water partition coefficient (Wildman–Crippen LogP) is 13.2. The summed E-state index contributed by atoms with van der Waals surface area (Å²) < 4.78 is 7.38. The lowest BCUT2D eigenvalue weighted by molar-refractivity contribution is -0.439. The Kier molecular flexibility index (Phi) is 21.4. The van der Waals surface area contributed by atoms with E-state index in [1.54, 1.807) is 6.08 Å². The number of anilines is 4.